The molecule has 0 unspecified atom stereocenters. The number of amides is 1. The van der Waals surface area contributed by atoms with E-state index in [-0.39, 0.29) is 12.7 Å². The average molecular weight is 310 g/mol. The zero-order valence-corrected chi connectivity index (χ0v) is 13.6. The van der Waals surface area contributed by atoms with Crippen LogP contribution in [0, 0.1) is 0 Å². The van der Waals surface area contributed by atoms with E-state index in [0.29, 0.717) is 31.4 Å². The molecular weight excluding hydrogens is 284 g/mol. The molecule has 1 fully saturated rings. The van der Waals surface area contributed by atoms with Crippen molar-refractivity contribution in [3.05, 3.63) is 23.7 Å². The van der Waals surface area contributed by atoms with Gasteiger partial charge in [-0.3, -0.25) is 0 Å². The van der Waals surface area contributed by atoms with E-state index in [0.717, 1.165) is 18.6 Å². The van der Waals surface area contributed by atoms with E-state index in [1.807, 2.05) is 26.8 Å². The summed E-state index contributed by atoms with van der Waals surface area (Å²) >= 11 is 0. The average Bonchev–Trinajstić information content (AvgIpc) is 2.92. The molecule has 124 valence electrons. The minimum atomic E-state index is -0.449. The third-order valence-electron chi connectivity index (χ3n) is 3.58. The maximum atomic E-state index is 12.0. The number of aliphatic hydroxyl groups excluding tert-OH is 1. The summed E-state index contributed by atoms with van der Waals surface area (Å²) < 4.78 is 10.8. The molecule has 0 atom stereocenters. The Morgan fingerprint density at radius 1 is 1.36 bits per heavy atom. The van der Waals surface area contributed by atoms with Crippen molar-refractivity contribution in [1.29, 1.82) is 0 Å². The van der Waals surface area contributed by atoms with Crippen molar-refractivity contribution < 1.29 is 19.1 Å². The van der Waals surface area contributed by atoms with Gasteiger partial charge in [-0.1, -0.05) is 0 Å². The molecule has 6 heteroatoms. The highest BCUT2D eigenvalue weighted by molar-refractivity contribution is 5.68. The molecular formula is C16H26N2O4. The second kappa shape index (κ2) is 7.15. The first-order valence-corrected chi connectivity index (χ1v) is 7.77. The number of nitrogens with one attached hydrogen (secondary N) is 1. The number of rotatable bonds is 4. The Bertz CT molecular complexity index is 485. The first-order valence-electron chi connectivity index (χ1n) is 7.77. The van der Waals surface area contributed by atoms with E-state index in [1.165, 1.54) is 0 Å². The highest BCUT2D eigenvalue weighted by Gasteiger charge is 2.26. The van der Waals surface area contributed by atoms with Crippen molar-refractivity contribution in [2.45, 2.75) is 58.4 Å². The van der Waals surface area contributed by atoms with Crippen LogP contribution in [0.1, 0.15) is 45.1 Å². The second-order valence-corrected chi connectivity index (χ2v) is 6.65. The first-order chi connectivity index (χ1) is 10.4. The minimum absolute atomic E-state index is 0.0751. The molecule has 0 radical (unpaired) electrons. The molecule has 1 amide bonds. The number of ether oxygens (including phenoxy) is 1. The predicted octanol–water partition coefficient (Wildman–Crippen LogP) is 2.26. The number of nitrogens with zero attached hydrogens (tertiary/aromatic N) is 1. The van der Waals surface area contributed by atoms with Crippen LogP contribution in [0.3, 0.4) is 0 Å². The highest BCUT2D eigenvalue weighted by atomic mass is 16.6. The summed E-state index contributed by atoms with van der Waals surface area (Å²) in [6.45, 7) is 7.60. The van der Waals surface area contributed by atoms with Gasteiger partial charge in [-0.05, 0) is 45.7 Å². The second-order valence-electron chi connectivity index (χ2n) is 6.65. The molecule has 1 aliphatic rings. The monoisotopic (exact) mass is 310 g/mol. The van der Waals surface area contributed by atoms with Crippen molar-refractivity contribution in [1.82, 2.24) is 10.2 Å². The Kier molecular flexibility index (Phi) is 5.47. The van der Waals surface area contributed by atoms with Crippen molar-refractivity contribution >= 4 is 6.09 Å². The summed E-state index contributed by atoms with van der Waals surface area (Å²) in [4.78, 5) is 13.7. The van der Waals surface area contributed by atoms with Crippen LogP contribution in [-0.4, -0.2) is 40.8 Å². The molecule has 22 heavy (non-hydrogen) atoms. The quantitative estimate of drug-likeness (QED) is 0.892. The van der Waals surface area contributed by atoms with Gasteiger partial charge in [0.2, 0.25) is 0 Å². The fraction of sp³-hybridized carbons (Fsp3) is 0.688. The fourth-order valence-corrected chi connectivity index (χ4v) is 2.44. The van der Waals surface area contributed by atoms with Crippen LogP contribution in [0.25, 0.3) is 0 Å². The molecule has 6 nitrogen and oxygen atoms in total. The van der Waals surface area contributed by atoms with E-state index in [1.54, 1.807) is 11.0 Å². The Balaban J connectivity index is 1.72. The van der Waals surface area contributed by atoms with Crippen molar-refractivity contribution in [2.75, 3.05) is 13.1 Å². The van der Waals surface area contributed by atoms with E-state index in [2.05, 4.69) is 5.32 Å². The Morgan fingerprint density at radius 3 is 2.55 bits per heavy atom. The zero-order valence-electron chi connectivity index (χ0n) is 13.6. The number of carbonyl (C=O) groups excluding carboxylic acids is 1. The summed E-state index contributed by atoms with van der Waals surface area (Å²) in [7, 11) is 0. The van der Waals surface area contributed by atoms with E-state index in [4.69, 9.17) is 14.3 Å². The third kappa shape index (κ3) is 5.03. The van der Waals surface area contributed by atoms with E-state index in [9.17, 15) is 4.79 Å². The topological polar surface area (TPSA) is 74.9 Å². The molecule has 2 heterocycles. The first kappa shape index (κ1) is 16.8. The largest absolute Gasteiger partial charge is 0.462 e. The lowest BCUT2D eigenvalue weighted by Crippen LogP contribution is -2.46. The Labute approximate surface area is 131 Å². The summed E-state index contributed by atoms with van der Waals surface area (Å²) in [6, 6.07) is 4.01. The molecule has 0 spiro atoms. The van der Waals surface area contributed by atoms with Gasteiger partial charge in [-0.2, -0.15) is 0 Å². The number of piperidine rings is 1. The van der Waals surface area contributed by atoms with Crippen LogP contribution in [0.4, 0.5) is 4.79 Å². The molecule has 0 aliphatic carbocycles. The summed E-state index contributed by atoms with van der Waals surface area (Å²) in [6.07, 6.45) is 1.56. The number of carbonyl (C=O) groups is 1. The number of aliphatic hydroxyl groups is 1. The summed E-state index contributed by atoms with van der Waals surface area (Å²) in [5.74, 6) is 1.40. The number of hydrogen-bond acceptors (Lipinski definition) is 5. The fourth-order valence-electron chi connectivity index (χ4n) is 2.44. The standard InChI is InChI=1S/C16H26N2O4/c1-16(2,3)22-15(20)18-8-6-12(7-9-18)17-10-13-4-5-14(11-19)21-13/h4-5,12,17,19H,6-11H2,1-3H3. The number of furan rings is 1. The summed E-state index contributed by atoms with van der Waals surface area (Å²) in [5.41, 5.74) is -0.449. The van der Waals surface area contributed by atoms with Crippen LogP contribution < -0.4 is 5.32 Å². The molecule has 0 bridgehead atoms. The minimum Gasteiger partial charge on any atom is -0.462 e. The maximum Gasteiger partial charge on any atom is 0.410 e. The highest BCUT2D eigenvalue weighted by Crippen LogP contribution is 2.16. The van der Waals surface area contributed by atoms with Gasteiger partial charge in [0.15, 0.2) is 0 Å². The smallest absolute Gasteiger partial charge is 0.410 e. The van der Waals surface area contributed by atoms with E-state index < -0.39 is 5.60 Å². The van der Waals surface area contributed by atoms with Crippen LogP contribution in [0.15, 0.2) is 16.5 Å². The van der Waals surface area contributed by atoms with Crippen molar-refractivity contribution in [3.63, 3.8) is 0 Å². The van der Waals surface area contributed by atoms with Crippen LogP contribution in [-0.2, 0) is 17.9 Å². The lowest BCUT2D eigenvalue weighted by molar-refractivity contribution is 0.0197. The van der Waals surface area contributed by atoms with Crippen molar-refractivity contribution in [3.8, 4) is 0 Å². The number of hydrogen-bond donors (Lipinski definition) is 2. The molecule has 1 aliphatic heterocycles. The SMILES string of the molecule is CC(C)(C)OC(=O)N1CCC(NCc2ccc(CO)o2)CC1. The molecule has 1 aromatic rings. The van der Waals surface area contributed by atoms with Crippen LogP contribution >= 0.6 is 0 Å². The summed E-state index contributed by atoms with van der Waals surface area (Å²) in [5, 5.41) is 12.4. The third-order valence-corrected chi connectivity index (χ3v) is 3.58. The molecule has 1 saturated heterocycles. The number of likely N-dealkylation sites (tertiary alicyclic amines) is 1. The Hall–Kier alpha value is -1.53. The molecule has 2 N–H and O–H groups in total. The van der Waals surface area contributed by atoms with E-state index >= 15 is 0 Å². The van der Waals surface area contributed by atoms with Crippen LogP contribution in [0.5, 0.6) is 0 Å². The van der Waals surface area contributed by atoms with Crippen molar-refractivity contribution in [2.24, 2.45) is 0 Å². The van der Waals surface area contributed by atoms with Gasteiger partial charge in [0.05, 0.1) is 6.54 Å². The molecule has 0 saturated carbocycles. The Morgan fingerprint density at radius 2 is 2.00 bits per heavy atom. The lowest BCUT2D eigenvalue weighted by atomic mass is 10.1. The van der Waals surface area contributed by atoms with Gasteiger partial charge in [0.1, 0.15) is 23.7 Å². The normalized spacial score (nSPS) is 16.8. The maximum absolute atomic E-state index is 12.0. The zero-order chi connectivity index (χ0) is 16.2. The van der Waals surface area contributed by atoms with Gasteiger partial charge in [-0.15, -0.1) is 0 Å². The van der Waals surface area contributed by atoms with Gasteiger partial charge >= 0.3 is 6.09 Å². The van der Waals surface area contributed by atoms with Gasteiger partial charge in [0.25, 0.3) is 0 Å². The lowest BCUT2D eigenvalue weighted by Gasteiger charge is -2.33. The predicted molar refractivity (Wildman–Crippen MR) is 82.3 cm³/mol. The molecule has 0 aromatic carbocycles. The van der Waals surface area contributed by atoms with Crippen LogP contribution in [0.2, 0.25) is 0 Å². The van der Waals surface area contributed by atoms with Gasteiger partial charge in [-0.25, -0.2) is 4.79 Å². The molecule has 2 rings (SSSR count). The van der Waals surface area contributed by atoms with Gasteiger partial charge in [0, 0.05) is 19.1 Å². The molecule has 1 aromatic heterocycles. The van der Waals surface area contributed by atoms with Gasteiger partial charge < -0.3 is 24.5 Å².